The summed E-state index contributed by atoms with van der Waals surface area (Å²) in [6, 6.07) is 5.40. The Morgan fingerprint density at radius 2 is 2.26 bits per heavy atom. The van der Waals surface area contributed by atoms with E-state index in [1.54, 1.807) is 16.7 Å². The number of methoxy groups -OCH3 is 1. The number of aromatic nitrogens is 1. The molecule has 4 heteroatoms. The number of hydrogen-bond acceptors (Lipinski definition) is 3. The molecular weight excluding hydrogens is 240 g/mol. The first kappa shape index (κ1) is 15.0. The molecule has 0 saturated carbocycles. The molecule has 1 heterocycles. The lowest BCUT2D eigenvalue weighted by Crippen LogP contribution is -2.12. The molecular formula is C15H20N2O2. The predicted molar refractivity (Wildman–Crippen MR) is 73.8 cm³/mol. The Hall–Kier alpha value is -2.02. The molecule has 1 aromatic heterocycles. The van der Waals surface area contributed by atoms with E-state index in [9.17, 15) is 4.79 Å². The second-order valence-electron chi connectivity index (χ2n) is 4.26. The van der Waals surface area contributed by atoms with Crippen molar-refractivity contribution in [3.8, 4) is 6.07 Å². The summed E-state index contributed by atoms with van der Waals surface area (Å²) in [5.74, 6) is -0.400. The Labute approximate surface area is 114 Å². The van der Waals surface area contributed by atoms with E-state index in [0.717, 1.165) is 19.3 Å². The Morgan fingerprint density at radius 1 is 1.53 bits per heavy atom. The van der Waals surface area contributed by atoms with E-state index < -0.39 is 5.97 Å². The first-order valence-corrected chi connectivity index (χ1v) is 6.49. The molecule has 1 aromatic rings. The molecule has 0 unspecified atom stereocenters. The highest BCUT2D eigenvalue weighted by molar-refractivity contribution is 5.88. The maximum atomic E-state index is 11.6. The highest BCUT2D eigenvalue weighted by Crippen LogP contribution is 2.14. The van der Waals surface area contributed by atoms with Crippen LogP contribution in [0.4, 0.5) is 0 Å². The maximum absolute atomic E-state index is 11.6. The monoisotopic (exact) mass is 260 g/mol. The van der Waals surface area contributed by atoms with Gasteiger partial charge in [0.2, 0.25) is 0 Å². The van der Waals surface area contributed by atoms with E-state index >= 15 is 0 Å². The minimum absolute atomic E-state index is 0.400. The van der Waals surface area contributed by atoms with Crippen LogP contribution in [0.5, 0.6) is 0 Å². The van der Waals surface area contributed by atoms with Crippen molar-refractivity contribution in [2.75, 3.05) is 7.11 Å². The number of hydrogen-bond donors (Lipinski definition) is 0. The number of nitriles is 1. The molecule has 0 bridgehead atoms. The van der Waals surface area contributed by atoms with Crippen molar-refractivity contribution in [2.45, 2.75) is 39.7 Å². The van der Waals surface area contributed by atoms with Crippen LogP contribution < -0.4 is 0 Å². The van der Waals surface area contributed by atoms with E-state index in [-0.39, 0.29) is 0 Å². The van der Waals surface area contributed by atoms with Crippen molar-refractivity contribution in [1.29, 1.82) is 5.26 Å². The largest absolute Gasteiger partial charge is 0.464 e. The molecule has 0 N–H and O–H groups in total. The van der Waals surface area contributed by atoms with Gasteiger partial charge in [0.25, 0.3) is 0 Å². The maximum Gasteiger partial charge on any atom is 0.354 e. The van der Waals surface area contributed by atoms with Gasteiger partial charge < -0.3 is 9.30 Å². The van der Waals surface area contributed by atoms with Crippen LogP contribution >= 0.6 is 0 Å². The van der Waals surface area contributed by atoms with Crippen LogP contribution in [0.25, 0.3) is 0 Å². The quantitative estimate of drug-likeness (QED) is 0.582. The van der Waals surface area contributed by atoms with Crippen LogP contribution in [0.3, 0.4) is 0 Å². The Balaban J connectivity index is 2.79. The lowest BCUT2D eigenvalue weighted by Gasteiger charge is -2.10. The Bertz CT molecular complexity index is 507. The molecule has 0 fully saturated rings. The summed E-state index contributed by atoms with van der Waals surface area (Å²) in [6.45, 7) is 4.82. The average molecular weight is 260 g/mol. The number of carbonyl (C=O) groups excluding carboxylic acids is 1. The van der Waals surface area contributed by atoms with Crippen molar-refractivity contribution in [1.82, 2.24) is 4.57 Å². The Kier molecular flexibility index (Phi) is 5.87. The molecule has 102 valence electrons. The van der Waals surface area contributed by atoms with E-state index in [1.807, 2.05) is 6.92 Å². The van der Waals surface area contributed by atoms with Crippen molar-refractivity contribution in [2.24, 2.45) is 0 Å². The van der Waals surface area contributed by atoms with Crippen molar-refractivity contribution in [3.05, 3.63) is 35.2 Å². The van der Waals surface area contributed by atoms with E-state index in [1.165, 1.54) is 12.7 Å². The molecule has 0 saturated heterocycles. The van der Waals surface area contributed by atoms with Crippen LogP contribution in [-0.4, -0.2) is 17.6 Å². The predicted octanol–water partition coefficient (Wildman–Crippen LogP) is 3.28. The van der Waals surface area contributed by atoms with Crippen molar-refractivity contribution < 1.29 is 9.53 Å². The number of carbonyl (C=O) groups is 1. The van der Waals surface area contributed by atoms with Gasteiger partial charge >= 0.3 is 5.97 Å². The summed E-state index contributed by atoms with van der Waals surface area (Å²) in [5.41, 5.74) is 2.33. The second kappa shape index (κ2) is 7.42. The third kappa shape index (κ3) is 3.72. The lowest BCUT2D eigenvalue weighted by molar-refractivity contribution is 0.0588. The van der Waals surface area contributed by atoms with Crippen LogP contribution in [0.15, 0.2) is 23.8 Å². The van der Waals surface area contributed by atoms with Gasteiger partial charge in [-0.05, 0) is 38.3 Å². The number of esters is 1. The normalized spacial score (nSPS) is 11.2. The smallest absolute Gasteiger partial charge is 0.354 e. The van der Waals surface area contributed by atoms with Gasteiger partial charge in [0.15, 0.2) is 0 Å². The summed E-state index contributed by atoms with van der Waals surface area (Å²) in [7, 11) is 1.35. The molecule has 0 aliphatic rings. The van der Waals surface area contributed by atoms with Gasteiger partial charge in [-0.15, -0.1) is 0 Å². The molecule has 0 amide bonds. The molecule has 0 radical (unpaired) electrons. The van der Waals surface area contributed by atoms with Gasteiger partial charge in [0.05, 0.1) is 7.11 Å². The van der Waals surface area contributed by atoms with Crippen LogP contribution in [-0.2, 0) is 11.3 Å². The van der Waals surface area contributed by atoms with Gasteiger partial charge in [-0.25, -0.2) is 4.79 Å². The highest BCUT2D eigenvalue weighted by atomic mass is 16.5. The summed E-state index contributed by atoms with van der Waals surface area (Å²) in [6.07, 6.45) is 5.05. The van der Waals surface area contributed by atoms with Gasteiger partial charge in [-0.1, -0.05) is 18.6 Å². The zero-order valence-corrected chi connectivity index (χ0v) is 11.8. The van der Waals surface area contributed by atoms with Crippen molar-refractivity contribution in [3.63, 3.8) is 0 Å². The SMILES string of the molecule is C/C=C(\CC)CCCn1c(C#N)ccc1C(=O)OC. The topological polar surface area (TPSA) is 55.0 Å². The third-order valence-corrected chi connectivity index (χ3v) is 3.23. The summed E-state index contributed by atoms with van der Waals surface area (Å²) < 4.78 is 6.45. The molecule has 0 aliphatic carbocycles. The fourth-order valence-electron chi connectivity index (χ4n) is 2.08. The van der Waals surface area contributed by atoms with E-state index in [0.29, 0.717) is 17.9 Å². The standard InChI is InChI=1S/C15H20N2O2/c1-4-12(5-2)7-6-10-17-13(11-16)8-9-14(17)15(18)19-3/h4,8-9H,5-7,10H2,1-3H3/b12-4+. The minimum Gasteiger partial charge on any atom is -0.464 e. The van der Waals surface area contributed by atoms with Crippen molar-refractivity contribution >= 4 is 5.97 Å². The summed E-state index contributed by atoms with van der Waals surface area (Å²) in [4.78, 5) is 11.6. The number of ether oxygens (including phenoxy) is 1. The fourth-order valence-corrected chi connectivity index (χ4v) is 2.08. The van der Waals surface area contributed by atoms with E-state index in [2.05, 4.69) is 19.1 Å². The van der Waals surface area contributed by atoms with Crippen LogP contribution in [0.2, 0.25) is 0 Å². The molecule has 0 atom stereocenters. The number of rotatable bonds is 6. The molecule has 4 nitrogen and oxygen atoms in total. The van der Waals surface area contributed by atoms with Gasteiger partial charge in [-0.2, -0.15) is 5.26 Å². The first-order valence-electron chi connectivity index (χ1n) is 6.49. The van der Waals surface area contributed by atoms with Gasteiger partial charge in [0.1, 0.15) is 17.5 Å². The third-order valence-electron chi connectivity index (χ3n) is 3.23. The van der Waals surface area contributed by atoms with Gasteiger partial charge in [-0.3, -0.25) is 0 Å². The molecule has 19 heavy (non-hydrogen) atoms. The van der Waals surface area contributed by atoms with E-state index in [4.69, 9.17) is 10.00 Å². The van der Waals surface area contributed by atoms with Crippen LogP contribution in [0, 0.1) is 11.3 Å². The Morgan fingerprint density at radius 3 is 2.79 bits per heavy atom. The zero-order valence-electron chi connectivity index (χ0n) is 11.8. The highest BCUT2D eigenvalue weighted by Gasteiger charge is 2.14. The molecule has 0 spiro atoms. The minimum atomic E-state index is -0.400. The first-order chi connectivity index (χ1) is 9.17. The number of allylic oxidation sites excluding steroid dienone is 2. The average Bonchev–Trinajstić information content (AvgIpc) is 2.85. The lowest BCUT2D eigenvalue weighted by atomic mass is 10.1. The molecule has 0 aliphatic heterocycles. The second-order valence-corrected chi connectivity index (χ2v) is 4.26. The van der Waals surface area contributed by atoms with Gasteiger partial charge in [0, 0.05) is 6.54 Å². The summed E-state index contributed by atoms with van der Waals surface area (Å²) in [5, 5.41) is 9.05. The van der Waals surface area contributed by atoms with Crippen LogP contribution in [0.1, 0.15) is 49.3 Å². The summed E-state index contributed by atoms with van der Waals surface area (Å²) >= 11 is 0. The molecule has 1 rings (SSSR count). The fraction of sp³-hybridized carbons (Fsp3) is 0.467. The molecule has 0 aromatic carbocycles. The zero-order chi connectivity index (χ0) is 14.3. The number of nitrogens with zero attached hydrogens (tertiary/aromatic N) is 2.